The number of benzene rings is 2. The van der Waals surface area contributed by atoms with E-state index >= 15 is 0 Å². The van der Waals surface area contributed by atoms with Gasteiger partial charge in [-0.05, 0) is 54.1 Å². The predicted octanol–water partition coefficient (Wildman–Crippen LogP) is 5.56. The van der Waals surface area contributed by atoms with Gasteiger partial charge in [-0.15, -0.1) is 11.3 Å². The standard InChI is InChI=1S/C20H18S/c1-3-4-16-6-8-17(9-7-16)10-12-19-14-18-11-5-15(2)13-20(18)21-19/h5-9,11,13-14H,3-4H2,1-2H3. The monoisotopic (exact) mass is 290 g/mol. The van der Waals surface area contributed by atoms with Crippen molar-refractivity contribution in [2.75, 3.05) is 0 Å². The molecule has 0 unspecified atom stereocenters. The number of rotatable bonds is 2. The molecule has 104 valence electrons. The lowest BCUT2D eigenvalue weighted by Gasteiger charge is -1.97. The van der Waals surface area contributed by atoms with E-state index in [1.165, 1.54) is 27.6 Å². The van der Waals surface area contributed by atoms with Crippen LogP contribution in [0, 0.1) is 18.8 Å². The van der Waals surface area contributed by atoms with Gasteiger partial charge < -0.3 is 0 Å². The second kappa shape index (κ2) is 6.16. The molecule has 0 aliphatic heterocycles. The van der Waals surface area contributed by atoms with Crippen LogP contribution in [-0.2, 0) is 6.42 Å². The van der Waals surface area contributed by atoms with Gasteiger partial charge in [-0.25, -0.2) is 0 Å². The molecule has 1 aromatic heterocycles. The highest BCUT2D eigenvalue weighted by Crippen LogP contribution is 2.25. The molecule has 1 heteroatoms. The Morgan fingerprint density at radius 2 is 1.76 bits per heavy atom. The summed E-state index contributed by atoms with van der Waals surface area (Å²) in [6.45, 7) is 4.33. The average Bonchev–Trinajstić information content (AvgIpc) is 2.89. The molecule has 0 N–H and O–H groups in total. The summed E-state index contributed by atoms with van der Waals surface area (Å²) in [7, 11) is 0. The van der Waals surface area contributed by atoms with Gasteiger partial charge in [0.1, 0.15) is 0 Å². The first kappa shape index (κ1) is 13.9. The molecule has 0 aliphatic carbocycles. The van der Waals surface area contributed by atoms with Crippen molar-refractivity contribution in [1.82, 2.24) is 0 Å². The summed E-state index contributed by atoms with van der Waals surface area (Å²) < 4.78 is 1.32. The third kappa shape index (κ3) is 3.35. The first-order chi connectivity index (χ1) is 10.2. The van der Waals surface area contributed by atoms with Gasteiger partial charge in [-0.2, -0.15) is 0 Å². The number of fused-ring (bicyclic) bond motifs is 1. The van der Waals surface area contributed by atoms with Gasteiger partial charge in [-0.3, -0.25) is 0 Å². The normalized spacial score (nSPS) is 10.4. The fraction of sp³-hybridized carbons (Fsp3) is 0.200. The van der Waals surface area contributed by atoms with Crippen molar-refractivity contribution < 1.29 is 0 Å². The van der Waals surface area contributed by atoms with E-state index in [4.69, 9.17) is 0 Å². The molecule has 0 bridgehead atoms. The maximum absolute atomic E-state index is 3.29. The molecule has 0 nitrogen and oxygen atoms in total. The summed E-state index contributed by atoms with van der Waals surface area (Å²) in [5.41, 5.74) is 3.78. The Morgan fingerprint density at radius 3 is 2.52 bits per heavy atom. The zero-order valence-corrected chi connectivity index (χ0v) is 13.3. The lowest BCUT2D eigenvalue weighted by molar-refractivity contribution is 0.922. The fourth-order valence-electron chi connectivity index (χ4n) is 2.38. The molecule has 0 aliphatic rings. The Balaban J connectivity index is 1.84. The van der Waals surface area contributed by atoms with E-state index in [1.807, 2.05) is 0 Å². The van der Waals surface area contributed by atoms with Gasteiger partial charge in [0.25, 0.3) is 0 Å². The van der Waals surface area contributed by atoms with Crippen LogP contribution >= 0.6 is 11.3 Å². The predicted molar refractivity (Wildman–Crippen MR) is 93.0 cm³/mol. The van der Waals surface area contributed by atoms with Crippen LogP contribution in [0.15, 0.2) is 48.5 Å². The third-order valence-corrected chi connectivity index (χ3v) is 4.51. The highest BCUT2D eigenvalue weighted by Gasteiger charge is 1.99. The Kier molecular flexibility index (Phi) is 4.08. The highest BCUT2D eigenvalue weighted by atomic mass is 32.1. The first-order valence-electron chi connectivity index (χ1n) is 7.36. The highest BCUT2D eigenvalue weighted by molar-refractivity contribution is 7.19. The zero-order chi connectivity index (χ0) is 14.7. The summed E-state index contributed by atoms with van der Waals surface area (Å²) in [6.07, 6.45) is 2.33. The van der Waals surface area contributed by atoms with Crippen molar-refractivity contribution in [3.8, 4) is 11.8 Å². The minimum absolute atomic E-state index is 1.09. The van der Waals surface area contributed by atoms with E-state index in [-0.39, 0.29) is 0 Å². The molecule has 3 aromatic rings. The molecule has 1 heterocycles. The zero-order valence-electron chi connectivity index (χ0n) is 12.4. The summed E-state index contributed by atoms with van der Waals surface area (Å²) in [4.78, 5) is 1.13. The van der Waals surface area contributed by atoms with Crippen molar-refractivity contribution in [2.24, 2.45) is 0 Å². The first-order valence-corrected chi connectivity index (χ1v) is 8.17. The molecule has 0 spiro atoms. The third-order valence-electron chi connectivity index (χ3n) is 3.50. The van der Waals surface area contributed by atoms with Crippen molar-refractivity contribution >= 4 is 21.4 Å². The molecule has 3 rings (SSSR count). The molecule has 21 heavy (non-hydrogen) atoms. The quantitative estimate of drug-likeness (QED) is 0.542. The summed E-state index contributed by atoms with van der Waals surface area (Å²) in [5, 5.41) is 1.29. The van der Waals surface area contributed by atoms with Crippen LogP contribution in [0.3, 0.4) is 0 Å². The maximum atomic E-state index is 3.29. The van der Waals surface area contributed by atoms with Crippen LogP contribution in [0.25, 0.3) is 10.1 Å². The van der Waals surface area contributed by atoms with Crippen LogP contribution in [0.4, 0.5) is 0 Å². The van der Waals surface area contributed by atoms with E-state index in [2.05, 4.69) is 74.2 Å². The molecule has 2 aromatic carbocycles. The molecule has 0 saturated heterocycles. The van der Waals surface area contributed by atoms with Crippen LogP contribution in [0.1, 0.15) is 34.9 Å². The summed E-state index contributed by atoms with van der Waals surface area (Å²) >= 11 is 1.77. The second-order valence-electron chi connectivity index (χ2n) is 5.35. The van der Waals surface area contributed by atoms with Gasteiger partial charge in [-0.1, -0.05) is 49.5 Å². The fourth-order valence-corrected chi connectivity index (χ4v) is 3.39. The van der Waals surface area contributed by atoms with Crippen molar-refractivity contribution in [3.63, 3.8) is 0 Å². The Hall–Kier alpha value is -2.04. The van der Waals surface area contributed by atoms with Gasteiger partial charge >= 0.3 is 0 Å². The molecule has 0 fully saturated rings. The van der Waals surface area contributed by atoms with Gasteiger partial charge in [0, 0.05) is 10.3 Å². The summed E-state index contributed by atoms with van der Waals surface area (Å²) in [5.74, 6) is 6.56. The Labute approximate surface area is 130 Å². The number of hydrogen-bond acceptors (Lipinski definition) is 1. The van der Waals surface area contributed by atoms with Crippen molar-refractivity contribution in [3.05, 3.63) is 70.1 Å². The number of aryl methyl sites for hydroxylation is 2. The average molecular weight is 290 g/mol. The van der Waals surface area contributed by atoms with Crippen LogP contribution in [0.2, 0.25) is 0 Å². The Morgan fingerprint density at radius 1 is 0.952 bits per heavy atom. The van der Waals surface area contributed by atoms with E-state index in [0.717, 1.165) is 16.9 Å². The van der Waals surface area contributed by atoms with Crippen molar-refractivity contribution in [2.45, 2.75) is 26.7 Å². The number of thiophene rings is 1. The van der Waals surface area contributed by atoms with Gasteiger partial charge in [0.15, 0.2) is 0 Å². The van der Waals surface area contributed by atoms with Gasteiger partial charge in [0.2, 0.25) is 0 Å². The topological polar surface area (TPSA) is 0 Å². The molecular formula is C20H18S. The minimum Gasteiger partial charge on any atom is -0.127 e. The number of hydrogen-bond donors (Lipinski definition) is 0. The van der Waals surface area contributed by atoms with Crippen molar-refractivity contribution in [1.29, 1.82) is 0 Å². The smallest absolute Gasteiger partial charge is 0.0784 e. The van der Waals surface area contributed by atoms with Crippen LogP contribution in [-0.4, -0.2) is 0 Å². The Bertz CT molecular complexity index is 810. The van der Waals surface area contributed by atoms with E-state index in [0.29, 0.717) is 0 Å². The SMILES string of the molecule is CCCc1ccc(C#Cc2cc3ccc(C)cc3s2)cc1. The van der Waals surface area contributed by atoms with Gasteiger partial charge in [0.05, 0.1) is 4.88 Å². The lowest BCUT2D eigenvalue weighted by Crippen LogP contribution is -1.82. The largest absolute Gasteiger partial charge is 0.127 e. The molecule has 0 atom stereocenters. The van der Waals surface area contributed by atoms with Crippen LogP contribution < -0.4 is 0 Å². The second-order valence-corrected chi connectivity index (χ2v) is 6.43. The molecular weight excluding hydrogens is 272 g/mol. The minimum atomic E-state index is 1.09. The lowest BCUT2D eigenvalue weighted by atomic mass is 10.1. The molecule has 0 saturated carbocycles. The molecule has 0 radical (unpaired) electrons. The van der Waals surface area contributed by atoms with E-state index in [9.17, 15) is 0 Å². The summed E-state index contributed by atoms with van der Waals surface area (Å²) in [6, 6.07) is 17.3. The van der Waals surface area contributed by atoms with E-state index < -0.39 is 0 Å². The van der Waals surface area contributed by atoms with Crippen LogP contribution in [0.5, 0.6) is 0 Å². The maximum Gasteiger partial charge on any atom is 0.0784 e. The molecule has 0 amide bonds. The van der Waals surface area contributed by atoms with E-state index in [1.54, 1.807) is 11.3 Å².